The fourth-order valence-corrected chi connectivity index (χ4v) is 2.02. The molecule has 0 aliphatic rings. The summed E-state index contributed by atoms with van der Waals surface area (Å²) in [5.74, 6) is 0. The number of fused-ring (bicyclic) bond motifs is 1. The van der Waals surface area contributed by atoms with Crippen LogP contribution in [0, 0.1) is 11.3 Å². The van der Waals surface area contributed by atoms with Gasteiger partial charge >= 0.3 is 0 Å². The van der Waals surface area contributed by atoms with Gasteiger partial charge in [-0.2, -0.15) is 5.26 Å². The average Bonchev–Trinajstić information content (AvgIpc) is 2.64. The van der Waals surface area contributed by atoms with E-state index >= 15 is 0 Å². The van der Waals surface area contributed by atoms with E-state index in [2.05, 4.69) is 6.07 Å². The summed E-state index contributed by atoms with van der Waals surface area (Å²) in [4.78, 5) is 0. The first-order valence-electron chi connectivity index (χ1n) is 4.54. The van der Waals surface area contributed by atoms with Crippen LogP contribution in [0.1, 0.15) is 6.42 Å². The summed E-state index contributed by atoms with van der Waals surface area (Å²) < 4.78 is 1.95. The monoisotopic (exact) mass is 238 g/mol. The van der Waals surface area contributed by atoms with Crippen molar-refractivity contribution in [1.29, 1.82) is 5.26 Å². The highest BCUT2D eigenvalue weighted by Crippen LogP contribution is 2.31. The third kappa shape index (κ3) is 1.81. The molecule has 0 bridgehead atoms. The Bertz CT molecular complexity index is 537. The third-order valence-electron chi connectivity index (χ3n) is 2.29. The third-order valence-corrected chi connectivity index (χ3v) is 3.08. The minimum absolute atomic E-state index is 0.465. The second-order valence-electron chi connectivity index (χ2n) is 3.22. The van der Waals surface area contributed by atoms with E-state index in [4.69, 9.17) is 28.5 Å². The van der Waals surface area contributed by atoms with Crippen molar-refractivity contribution in [3.05, 3.63) is 34.4 Å². The molecule has 0 unspecified atom stereocenters. The van der Waals surface area contributed by atoms with Gasteiger partial charge in [0.15, 0.2) is 0 Å². The SMILES string of the molecule is N#CCCn1ccc2ccc(Cl)c(Cl)c21. The van der Waals surface area contributed by atoms with E-state index in [1.54, 1.807) is 6.07 Å². The summed E-state index contributed by atoms with van der Waals surface area (Å²) in [6, 6.07) is 7.78. The van der Waals surface area contributed by atoms with E-state index in [9.17, 15) is 0 Å². The maximum absolute atomic E-state index is 8.54. The highest BCUT2D eigenvalue weighted by molar-refractivity contribution is 6.45. The van der Waals surface area contributed by atoms with Crippen LogP contribution in [0.15, 0.2) is 24.4 Å². The molecule has 0 aliphatic carbocycles. The Morgan fingerprint density at radius 3 is 2.80 bits per heavy atom. The molecule has 0 fully saturated rings. The number of aryl methyl sites for hydroxylation is 1. The molecule has 0 atom stereocenters. The molecule has 2 nitrogen and oxygen atoms in total. The Kier molecular flexibility index (Phi) is 2.86. The Balaban J connectivity index is 2.57. The lowest BCUT2D eigenvalue weighted by atomic mass is 10.2. The molecule has 0 aliphatic heterocycles. The van der Waals surface area contributed by atoms with Crippen LogP contribution in [0.3, 0.4) is 0 Å². The van der Waals surface area contributed by atoms with Crippen molar-refractivity contribution in [1.82, 2.24) is 4.57 Å². The molecule has 0 saturated carbocycles. The zero-order chi connectivity index (χ0) is 10.8. The number of rotatable bonds is 2. The lowest BCUT2D eigenvalue weighted by molar-refractivity contribution is 0.744. The van der Waals surface area contributed by atoms with Crippen LogP contribution in [0.4, 0.5) is 0 Å². The summed E-state index contributed by atoms with van der Waals surface area (Å²) in [6.45, 7) is 0.639. The van der Waals surface area contributed by atoms with Gasteiger partial charge in [-0.3, -0.25) is 0 Å². The van der Waals surface area contributed by atoms with Crippen molar-refractivity contribution < 1.29 is 0 Å². The molecule has 2 rings (SSSR count). The van der Waals surface area contributed by atoms with Crippen molar-refractivity contribution in [2.75, 3.05) is 0 Å². The Morgan fingerprint density at radius 2 is 2.07 bits per heavy atom. The van der Waals surface area contributed by atoms with Crippen molar-refractivity contribution in [2.24, 2.45) is 0 Å². The van der Waals surface area contributed by atoms with E-state index in [-0.39, 0.29) is 0 Å². The lowest BCUT2D eigenvalue weighted by Gasteiger charge is -2.04. The maximum Gasteiger partial charge on any atom is 0.0835 e. The summed E-state index contributed by atoms with van der Waals surface area (Å²) >= 11 is 12.1. The molecule has 76 valence electrons. The summed E-state index contributed by atoms with van der Waals surface area (Å²) in [7, 11) is 0. The van der Waals surface area contributed by atoms with Gasteiger partial charge in [0.1, 0.15) is 0 Å². The standard InChI is InChI=1S/C11H8Cl2N2/c12-9-3-2-8-4-7-15(6-1-5-14)11(8)10(9)13/h2-4,7H,1,6H2. The number of nitrogens with zero attached hydrogens (tertiary/aromatic N) is 2. The van der Waals surface area contributed by atoms with Crippen LogP contribution in [-0.4, -0.2) is 4.57 Å². The Labute approximate surface area is 97.6 Å². The van der Waals surface area contributed by atoms with Gasteiger partial charge < -0.3 is 4.57 Å². The van der Waals surface area contributed by atoms with Gasteiger partial charge in [0.05, 0.1) is 28.1 Å². The predicted molar refractivity (Wildman–Crippen MR) is 62.2 cm³/mol. The Morgan fingerprint density at radius 1 is 1.27 bits per heavy atom. The number of halogens is 2. The van der Waals surface area contributed by atoms with Gasteiger partial charge in [-0.25, -0.2) is 0 Å². The molecular formula is C11H8Cl2N2. The van der Waals surface area contributed by atoms with Crippen LogP contribution in [0.25, 0.3) is 10.9 Å². The Hall–Kier alpha value is -1.17. The van der Waals surface area contributed by atoms with Crippen molar-refractivity contribution >= 4 is 34.1 Å². The molecule has 0 saturated heterocycles. The highest BCUT2D eigenvalue weighted by Gasteiger charge is 2.08. The van der Waals surface area contributed by atoms with Crippen LogP contribution < -0.4 is 0 Å². The molecule has 1 heterocycles. The van der Waals surface area contributed by atoms with Crippen molar-refractivity contribution in [2.45, 2.75) is 13.0 Å². The molecule has 1 aromatic heterocycles. The molecule has 0 radical (unpaired) electrons. The number of benzene rings is 1. The number of aromatic nitrogens is 1. The predicted octanol–water partition coefficient (Wildman–Crippen LogP) is 3.86. The van der Waals surface area contributed by atoms with Gasteiger partial charge in [-0.05, 0) is 12.1 Å². The molecule has 15 heavy (non-hydrogen) atoms. The van der Waals surface area contributed by atoms with E-state index < -0.39 is 0 Å². The quantitative estimate of drug-likeness (QED) is 0.782. The zero-order valence-corrected chi connectivity index (χ0v) is 9.39. The fourth-order valence-electron chi connectivity index (χ4n) is 1.58. The van der Waals surface area contributed by atoms with E-state index in [1.807, 2.05) is 22.9 Å². The van der Waals surface area contributed by atoms with Crippen molar-refractivity contribution in [3.8, 4) is 6.07 Å². The molecule has 1 aromatic carbocycles. The topological polar surface area (TPSA) is 28.7 Å². The minimum atomic E-state index is 0.465. The first-order chi connectivity index (χ1) is 7.24. The van der Waals surface area contributed by atoms with E-state index in [0.717, 1.165) is 10.9 Å². The van der Waals surface area contributed by atoms with Crippen LogP contribution >= 0.6 is 23.2 Å². The second kappa shape index (κ2) is 4.14. The minimum Gasteiger partial charge on any atom is -0.345 e. The average molecular weight is 239 g/mol. The second-order valence-corrected chi connectivity index (χ2v) is 4.00. The first kappa shape index (κ1) is 10.4. The van der Waals surface area contributed by atoms with Crippen LogP contribution in [0.5, 0.6) is 0 Å². The van der Waals surface area contributed by atoms with E-state index in [0.29, 0.717) is 23.0 Å². The number of nitriles is 1. The summed E-state index contributed by atoms with van der Waals surface area (Å²) in [6.07, 6.45) is 2.39. The number of hydrogen-bond donors (Lipinski definition) is 0. The van der Waals surface area contributed by atoms with Gasteiger partial charge in [0.2, 0.25) is 0 Å². The van der Waals surface area contributed by atoms with Gasteiger partial charge in [0.25, 0.3) is 0 Å². The van der Waals surface area contributed by atoms with E-state index in [1.165, 1.54) is 0 Å². The molecule has 0 amide bonds. The molecule has 2 aromatic rings. The highest BCUT2D eigenvalue weighted by atomic mass is 35.5. The molecule has 0 N–H and O–H groups in total. The summed E-state index contributed by atoms with van der Waals surface area (Å²) in [5, 5.41) is 10.7. The zero-order valence-electron chi connectivity index (χ0n) is 7.87. The maximum atomic E-state index is 8.54. The van der Waals surface area contributed by atoms with Crippen LogP contribution in [0.2, 0.25) is 10.0 Å². The molecule has 4 heteroatoms. The normalized spacial score (nSPS) is 10.5. The van der Waals surface area contributed by atoms with Crippen LogP contribution in [-0.2, 0) is 6.54 Å². The molecular weight excluding hydrogens is 231 g/mol. The first-order valence-corrected chi connectivity index (χ1v) is 5.29. The fraction of sp³-hybridized carbons (Fsp3) is 0.182. The van der Waals surface area contributed by atoms with Gasteiger partial charge in [-0.1, -0.05) is 29.3 Å². The molecule has 0 spiro atoms. The smallest absolute Gasteiger partial charge is 0.0835 e. The number of hydrogen-bond acceptors (Lipinski definition) is 1. The van der Waals surface area contributed by atoms with Gasteiger partial charge in [-0.15, -0.1) is 0 Å². The van der Waals surface area contributed by atoms with Crippen molar-refractivity contribution in [3.63, 3.8) is 0 Å². The largest absolute Gasteiger partial charge is 0.345 e. The van der Waals surface area contributed by atoms with Gasteiger partial charge in [0, 0.05) is 18.1 Å². The lowest BCUT2D eigenvalue weighted by Crippen LogP contribution is -1.95. The summed E-state index contributed by atoms with van der Waals surface area (Å²) in [5.41, 5.74) is 0.902.